The molecule has 20 heavy (non-hydrogen) atoms. The van der Waals surface area contributed by atoms with Crippen LogP contribution in [0.5, 0.6) is 5.88 Å². The Hall–Kier alpha value is -1.47. The molecule has 0 aliphatic carbocycles. The smallest absolute Gasteiger partial charge is 0.216 e. The molecule has 0 aliphatic rings. The summed E-state index contributed by atoms with van der Waals surface area (Å²) in [6.07, 6.45) is 3.32. The van der Waals surface area contributed by atoms with Crippen LogP contribution in [-0.4, -0.2) is 33.4 Å². The molecule has 0 bridgehead atoms. The van der Waals surface area contributed by atoms with Crippen molar-refractivity contribution in [2.75, 3.05) is 13.7 Å². The highest BCUT2D eigenvalue weighted by Crippen LogP contribution is 2.28. The van der Waals surface area contributed by atoms with Crippen molar-refractivity contribution in [2.24, 2.45) is 0 Å². The van der Waals surface area contributed by atoms with Gasteiger partial charge in [0, 0.05) is 12.6 Å². The molecule has 0 amide bonds. The van der Waals surface area contributed by atoms with Crippen LogP contribution in [0.15, 0.2) is 23.1 Å². The molecule has 0 fully saturated rings. The van der Waals surface area contributed by atoms with E-state index in [1.807, 2.05) is 16.9 Å². The van der Waals surface area contributed by atoms with Crippen molar-refractivity contribution >= 4 is 15.9 Å². The van der Waals surface area contributed by atoms with E-state index >= 15 is 0 Å². The standard InChI is InChI=1S/C13H18BrN5O/c1-4-15-12(10-6-11(20-3)17-8-16-10)13-9(14)7-18-19(13)5-2/h6-8,12,15H,4-5H2,1-3H3. The second-order valence-corrected chi connectivity index (χ2v) is 5.02. The third-order valence-electron chi connectivity index (χ3n) is 2.98. The lowest BCUT2D eigenvalue weighted by Gasteiger charge is -2.19. The van der Waals surface area contributed by atoms with Gasteiger partial charge in [0.2, 0.25) is 5.88 Å². The van der Waals surface area contributed by atoms with Crippen LogP contribution in [-0.2, 0) is 6.54 Å². The Morgan fingerprint density at radius 3 is 2.85 bits per heavy atom. The molecule has 7 heteroatoms. The van der Waals surface area contributed by atoms with Crippen LogP contribution >= 0.6 is 15.9 Å². The molecule has 1 unspecified atom stereocenters. The Bertz CT molecular complexity index is 572. The number of hydrogen-bond donors (Lipinski definition) is 1. The highest BCUT2D eigenvalue weighted by Gasteiger charge is 2.22. The van der Waals surface area contributed by atoms with Gasteiger partial charge < -0.3 is 10.1 Å². The van der Waals surface area contributed by atoms with Gasteiger partial charge in [-0.05, 0) is 29.4 Å². The van der Waals surface area contributed by atoms with Gasteiger partial charge >= 0.3 is 0 Å². The number of ether oxygens (including phenoxy) is 1. The maximum atomic E-state index is 5.17. The third kappa shape index (κ3) is 2.99. The van der Waals surface area contributed by atoms with E-state index in [0.29, 0.717) is 5.88 Å². The molecule has 0 saturated heterocycles. The lowest BCUT2D eigenvalue weighted by Crippen LogP contribution is -2.26. The number of halogens is 1. The van der Waals surface area contributed by atoms with Crippen molar-refractivity contribution in [2.45, 2.75) is 26.4 Å². The van der Waals surface area contributed by atoms with Crippen LogP contribution in [0, 0.1) is 0 Å². The quantitative estimate of drug-likeness (QED) is 0.873. The maximum absolute atomic E-state index is 5.17. The van der Waals surface area contributed by atoms with Crippen molar-refractivity contribution in [3.05, 3.63) is 34.5 Å². The molecule has 2 rings (SSSR count). The van der Waals surface area contributed by atoms with Gasteiger partial charge in [0.1, 0.15) is 6.33 Å². The highest BCUT2D eigenvalue weighted by molar-refractivity contribution is 9.10. The maximum Gasteiger partial charge on any atom is 0.216 e. The largest absolute Gasteiger partial charge is 0.481 e. The topological polar surface area (TPSA) is 64.9 Å². The minimum Gasteiger partial charge on any atom is -0.481 e. The molecular formula is C13H18BrN5O. The fourth-order valence-electron chi connectivity index (χ4n) is 2.08. The van der Waals surface area contributed by atoms with Crippen molar-refractivity contribution in [3.8, 4) is 5.88 Å². The first-order chi connectivity index (χ1) is 9.71. The molecule has 0 spiro atoms. The van der Waals surface area contributed by atoms with Gasteiger partial charge in [0.25, 0.3) is 0 Å². The van der Waals surface area contributed by atoms with E-state index in [2.05, 4.69) is 50.2 Å². The molecule has 2 heterocycles. The molecule has 2 aromatic rings. The molecule has 108 valence electrons. The first-order valence-corrected chi connectivity index (χ1v) is 7.31. The molecule has 0 aliphatic heterocycles. The molecule has 6 nitrogen and oxygen atoms in total. The van der Waals surface area contributed by atoms with Crippen LogP contribution in [0.25, 0.3) is 0 Å². The summed E-state index contributed by atoms with van der Waals surface area (Å²) in [6, 6.07) is 1.78. The molecule has 0 saturated carbocycles. The van der Waals surface area contributed by atoms with E-state index in [0.717, 1.165) is 29.0 Å². The highest BCUT2D eigenvalue weighted by atomic mass is 79.9. The molecule has 2 aromatic heterocycles. The van der Waals surface area contributed by atoms with Gasteiger partial charge in [-0.25, -0.2) is 9.97 Å². The van der Waals surface area contributed by atoms with Gasteiger partial charge in [-0.2, -0.15) is 5.10 Å². The number of hydrogen-bond acceptors (Lipinski definition) is 5. The Morgan fingerprint density at radius 1 is 1.40 bits per heavy atom. The number of methoxy groups -OCH3 is 1. The fourth-order valence-corrected chi connectivity index (χ4v) is 2.60. The lowest BCUT2D eigenvalue weighted by atomic mass is 10.1. The van der Waals surface area contributed by atoms with Crippen molar-refractivity contribution in [1.82, 2.24) is 25.1 Å². The van der Waals surface area contributed by atoms with E-state index in [1.54, 1.807) is 7.11 Å². The second-order valence-electron chi connectivity index (χ2n) is 4.17. The van der Waals surface area contributed by atoms with Gasteiger partial charge in [-0.15, -0.1) is 0 Å². The van der Waals surface area contributed by atoms with E-state index in [9.17, 15) is 0 Å². The van der Waals surface area contributed by atoms with E-state index in [4.69, 9.17) is 4.74 Å². The molecule has 1 atom stereocenters. The normalized spacial score (nSPS) is 12.4. The third-order valence-corrected chi connectivity index (χ3v) is 3.59. The average Bonchev–Trinajstić information content (AvgIpc) is 2.85. The van der Waals surface area contributed by atoms with Crippen molar-refractivity contribution < 1.29 is 4.74 Å². The molecule has 0 radical (unpaired) electrons. The fraction of sp³-hybridized carbons (Fsp3) is 0.462. The SMILES string of the molecule is CCNC(c1cc(OC)ncn1)c1c(Br)cnn1CC. The Kier molecular flexibility index (Phi) is 5.08. The second kappa shape index (κ2) is 6.81. The summed E-state index contributed by atoms with van der Waals surface area (Å²) in [6.45, 7) is 5.74. The Morgan fingerprint density at radius 2 is 2.20 bits per heavy atom. The number of aryl methyl sites for hydroxylation is 1. The summed E-state index contributed by atoms with van der Waals surface area (Å²) in [5, 5.41) is 7.79. The van der Waals surface area contributed by atoms with Gasteiger partial charge in [0.15, 0.2) is 0 Å². The molecule has 0 aromatic carbocycles. The van der Waals surface area contributed by atoms with Gasteiger partial charge in [0.05, 0.1) is 35.2 Å². The Balaban J connectivity index is 2.47. The van der Waals surface area contributed by atoms with Crippen LogP contribution in [0.4, 0.5) is 0 Å². The Labute approximate surface area is 126 Å². The summed E-state index contributed by atoms with van der Waals surface area (Å²) in [4.78, 5) is 8.41. The summed E-state index contributed by atoms with van der Waals surface area (Å²) in [5.41, 5.74) is 1.91. The minimum atomic E-state index is -0.0614. The monoisotopic (exact) mass is 339 g/mol. The van der Waals surface area contributed by atoms with E-state index < -0.39 is 0 Å². The predicted molar refractivity (Wildman–Crippen MR) is 79.7 cm³/mol. The zero-order valence-electron chi connectivity index (χ0n) is 11.8. The average molecular weight is 340 g/mol. The first-order valence-electron chi connectivity index (χ1n) is 6.51. The molecular weight excluding hydrogens is 322 g/mol. The summed E-state index contributed by atoms with van der Waals surface area (Å²) < 4.78 is 8.09. The minimum absolute atomic E-state index is 0.0614. The number of aromatic nitrogens is 4. The predicted octanol–water partition coefficient (Wildman–Crippen LogP) is 2.16. The lowest BCUT2D eigenvalue weighted by molar-refractivity contribution is 0.394. The summed E-state index contributed by atoms with van der Waals surface area (Å²) >= 11 is 3.56. The summed E-state index contributed by atoms with van der Waals surface area (Å²) in [7, 11) is 1.60. The zero-order chi connectivity index (χ0) is 14.5. The van der Waals surface area contributed by atoms with Crippen LogP contribution in [0.2, 0.25) is 0 Å². The van der Waals surface area contributed by atoms with Gasteiger partial charge in [-0.1, -0.05) is 6.92 Å². The van der Waals surface area contributed by atoms with Crippen LogP contribution in [0.1, 0.15) is 31.3 Å². The van der Waals surface area contributed by atoms with Crippen molar-refractivity contribution in [3.63, 3.8) is 0 Å². The van der Waals surface area contributed by atoms with E-state index in [-0.39, 0.29) is 6.04 Å². The van der Waals surface area contributed by atoms with Gasteiger partial charge in [-0.3, -0.25) is 4.68 Å². The number of nitrogens with one attached hydrogen (secondary N) is 1. The van der Waals surface area contributed by atoms with E-state index in [1.165, 1.54) is 6.33 Å². The number of rotatable bonds is 6. The first kappa shape index (κ1) is 14.9. The zero-order valence-corrected chi connectivity index (χ0v) is 13.4. The number of nitrogens with zero attached hydrogens (tertiary/aromatic N) is 4. The van der Waals surface area contributed by atoms with Crippen molar-refractivity contribution in [1.29, 1.82) is 0 Å². The van der Waals surface area contributed by atoms with Crippen LogP contribution in [0.3, 0.4) is 0 Å². The molecule has 1 N–H and O–H groups in total. The van der Waals surface area contributed by atoms with Crippen LogP contribution < -0.4 is 10.1 Å². The summed E-state index contributed by atoms with van der Waals surface area (Å²) in [5.74, 6) is 0.552.